The Morgan fingerprint density at radius 3 is 2.49 bits per heavy atom. The summed E-state index contributed by atoms with van der Waals surface area (Å²) in [4.78, 5) is 16.5. The number of hydrogen-bond donors (Lipinski definition) is 2. The van der Waals surface area contributed by atoms with Gasteiger partial charge in [-0.1, -0.05) is 23.8 Å². The van der Waals surface area contributed by atoms with Gasteiger partial charge in [-0.25, -0.2) is 0 Å². The Labute approximate surface area is 246 Å². The number of amides is 1. The molecule has 2 aliphatic heterocycles. The van der Waals surface area contributed by atoms with Crippen molar-refractivity contribution in [3.05, 3.63) is 75.5 Å². The summed E-state index contributed by atoms with van der Waals surface area (Å²) in [6, 6.07) is 10.8. The number of methoxy groups -OCH3 is 1. The van der Waals surface area contributed by atoms with E-state index < -0.39 is 0 Å². The van der Waals surface area contributed by atoms with Crippen molar-refractivity contribution >= 4 is 11.5 Å². The normalized spacial score (nSPS) is 19.0. The lowest BCUT2D eigenvalue weighted by atomic mass is 9.92. The van der Waals surface area contributed by atoms with Crippen molar-refractivity contribution in [2.24, 2.45) is 5.73 Å². The molecular formula is C34H48N4O3. The number of ether oxygens (including phenoxy) is 2. The van der Waals surface area contributed by atoms with Crippen LogP contribution in [-0.2, 0) is 17.8 Å². The molecule has 4 rings (SSSR count). The Bertz CT molecular complexity index is 1310. The maximum Gasteiger partial charge on any atom is 0.219 e. The van der Waals surface area contributed by atoms with Crippen molar-refractivity contribution in [2.75, 3.05) is 40.3 Å². The van der Waals surface area contributed by atoms with E-state index in [1.807, 2.05) is 18.1 Å². The fourth-order valence-corrected chi connectivity index (χ4v) is 6.22. The Morgan fingerprint density at radius 2 is 1.85 bits per heavy atom. The molecule has 0 aromatic heterocycles. The first kappa shape index (κ1) is 30.7. The summed E-state index contributed by atoms with van der Waals surface area (Å²) in [5.41, 5.74) is 15.5. The van der Waals surface area contributed by atoms with Crippen LogP contribution in [0.2, 0.25) is 0 Å². The standard InChI is InChI=1S/C34H48N4O3/c1-22-17-27(31(20-36-6)24(3)23(2)19-35)18-34(40-7)32(22)21-37-14-11-28(12-15-37)41-33-10-8-9-29-25(4)38(26(5)39)16-13-30(29)33/h8-10,17-18,20,25,28,36H,11-16,19,21,35H2,1-7H3/b24-23-,31-20+. The minimum absolute atomic E-state index is 0.0840. The number of piperidine rings is 1. The van der Waals surface area contributed by atoms with Crippen LogP contribution in [0.25, 0.3) is 5.57 Å². The Kier molecular flexibility index (Phi) is 10.2. The molecule has 41 heavy (non-hydrogen) atoms. The Balaban J connectivity index is 1.44. The van der Waals surface area contributed by atoms with Gasteiger partial charge in [-0.15, -0.1) is 0 Å². The number of rotatable bonds is 9. The number of aryl methyl sites for hydroxylation is 1. The number of nitrogens with one attached hydrogen (secondary N) is 1. The van der Waals surface area contributed by atoms with Crippen LogP contribution in [0.5, 0.6) is 11.5 Å². The molecule has 0 saturated carbocycles. The summed E-state index contributed by atoms with van der Waals surface area (Å²) in [7, 11) is 3.68. The van der Waals surface area contributed by atoms with Gasteiger partial charge < -0.3 is 25.4 Å². The molecule has 1 unspecified atom stereocenters. The maximum absolute atomic E-state index is 12.1. The first-order valence-electron chi connectivity index (χ1n) is 14.9. The number of hydrogen-bond acceptors (Lipinski definition) is 6. The van der Waals surface area contributed by atoms with E-state index in [1.54, 1.807) is 14.0 Å². The lowest BCUT2D eigenvalue weighted by Gasteiger charge is -2.37. The van der Waals surface area contributed by atoms with Crippen LogP contribution in [0.15, 0.2) is 47.7 Å². The smallest absolute Gasteiger partial charge is 0.219 e. The summed E-state index contributed by atoms with van der Waals surface area (Å²) in [6.45, 7) is 14.2. The molecule has 1 fully saturated rings. The minimum atomic E-state index is 0.0840. The first-order valence-corrected chi connectivity index (χ1v) is 14.9. The van der Waals surface area contributed by atoms with E-state index in [0.717, 1.165) is 68.1 Å². The quantitative estimate of drug-likeness (QED) is 0.402. The number of carbonyl (C=O) groups is 1. The van der Waals surface area contributed by atoms with Crippen LogP contribution in [0.3, 0.4) is 0 Å². The van der Waals surface area contributed by atoms with Crippen molar-refractivity contribution in [3.63, 3.8) is 0 Å². The molecule has 7 heteroatoms. The fraction of sp³-hybridized carbons (Fsp3) is 0.500. The summed E-state index contributed by atoms with van der Waals surface area (Å²) in [5.74, 6) is 2.04. The molecular weight excluding hydrogens is 512 g/mol. The van der Waals surface area contributed by atoms with Gasteiger partial charge in [0.15, 0.2) is 0 Å². The third-order valence-corrected chi connectivity index (χ3v) is 8.91. The van der Waals surface area contributed by atoms with Gasteiger partial charge in [-0.2, -0.15) is 0 Å². The summed E-state index contributed by atoms with van der Waals surface area (Å²) >= 11 is 0. The molecule has 0 spiro atoms. The van der Waals surface area contributed by atoms with Crippen LogP contribution in [0.1, 0.15) is 74.4 Å². The van der Waals surface area contributed by atoms with E-state index in [-0.39, 0.29) is 18.1 Å². The largest absolute Gasteiger partial charge is 0.496 e. The highest BCUT2D eigenvalue weighted by Gasteiger charge is 2.29. The van der Waals surface area contributed by atoms with Gasteiger partial charge in [0.1, 0.15) is 17.6 Å². The van der Waals surface area contributed by atoms with Crippen LogP contribution in [0.4, 0.5) is 0 Å². The molecule has 222 valence electrons. The molecule has 0 aliphatic carbocycles. The van der Waals surface area contributed by atoms with Gasteiger partial charge in [0, 0.05) is 69.6 Å². The number of benzene rings is 2. The van der Waals surface area contributed by atoms with Gasteiger partial charge in [0.25, 0.3) is 0 Å². The molecule has 2 heterocycles. The fourth-order valence-electron chi connectivity index (χ4n) is 6.22. The van der Waals surface area contributed by atoms with Crippen molar-refractivity contribution < 1.29 is 14.3 Å². The highest BCUT2D eigenvalue weighted by molar-refractivity contribution is 5.80. The van der Waals surface area contributed by atoms with E-state index in [4.69, 9.17) is 15.2 Å². The van der Waals surface area contributed by atoms with E-state index >= 15 is 0 Å². The Hall–Kier alpha value is -3.29. The van der Waals surface area contributed by atoms with Gasteiger partial charge in [0.2, 0.25) is 5.91 Å². The predicted octanol–water partition coefficient (Wildman–Crippen LogP) is 5.37. The first-order chi connectivity index (χ1) is 19.7. The molecule has 1 atom stereocenters. The van der Waals surface area contributed by atoms with Gasteiger partial charge in [-0.3, -0.25) is 9.69 Å². The van der Waals surface area contributed by atoms with Crippen LogP contribution in [0, 0.1) is 6.92 Å². The molecule has 0 bridgehead atoms. The number of fused-ring (bicyclic) bond motifs is 1. The monoisotopic (exact) mass is 560 g/mol. The van der Waals surface area contributed by atoms with Crippen molar-refractivity contribution in [1.82, 2.24) is 15.1 Å². The average Bonchev–Trinajstić information content (AvgIpc) is 2.97. The SMILES string of the molecule is CN/C=C(\C(C)=C(\C)CN)c1cc(C)c(CN2CCC(Oc3cccc4c3CCN(C(C)=O)C4C)CC2)c(OC)c1. The van der Waals surface area contributed by atoms with Crippen molar-refractivity contribution in [3.8, 4) is 11.5 Å². The topological polar surface area (TPSA) is 80.1 Å². The highest BCUT2D eigenvalue weighted by atomic mass is 16.5. The number of allylic oxidation sites excluding steroid dienone is 2. The molecule has 3 N–H and O–H groups in total. The molecule has 1 amide bonds. The lowest BCUT2D eigenvalue weighted by molar-refractivity contribution is -0.131. The third kappa shape index (κ3) is 6.79. The highest BCUT2D eigenvalue weighted by Crippen LogP contribution is 2.37. The van der Waals surface area contributed by atoms with Gasteiger partial charge in [0.05, 0.1) is 13.2 Å². The molecule has 2 aliphatic rings. The minimum Gasteiger partial charge on any atom is -0.496 e. The summed E-state index contributed by atoms with van der Waals surface area (Å²) < 4.78 is 12.5. The molecule has 7 nitrogen and oxygen atoms in total. The zero-order valence-corrected chi connectivity index (χ0v) is 26.0. The maximum atomic E-state index is 12.1. The Morgan fingerprint density at radius 1 is 1.12 bits per heavy atom. The summed E-state index contributed by atoms with van der Waals surface area (Å²) in [6.07, 6.45) is 5.04. The number of nitrogens with two attached hydrogens (primary N) is 1. The zero-order valence-electron chi connectivity index (χ0n) is 26.0. The second-order valence-electron chi connectivity index (χ2n) is 11.5. The number of likely N-dealkylation sites (tertiary alicyclic amines) is 1. The van der Waals surface area contributed by atoms with E-state index in [9.17, 15) is 4.79 Å². The third-order valence-electron chi connectivity index (χ3n) is 8.91. The van der Waals surface area contributed by atoms with Crippen LogP contribution >= 0.6 is 0 Å². The molecule has 2 aromatic carbocycles. The van der Waals surface area contributed by atoms with Gasteiger partial charge >= 0.3 is 0 Å². The van der Waals surface area contributed by atoms with E-state index in [1.165, 1.54) is 33.4 Å². The lowest BCUT2D eigenvalue weighted by Crippen LogP contribution is -2.39. The summed E-state index contributed by atoms with van der Waals surface area (Å²) in [5, 5.41) is 3.20. The van der Waals surface area contributed by atoms with E-state index in [2.05, 4.69) is 68.2 Å². The molecule has 0 radical (unpaired) electrons. The number of carbonyl (C=O) groups excluding carboxylic acids is 1. The van der Waals surface area contributed by atoms with Crippen LogP contribution < -0.4 is 20.5 Å². The number of nitrogens with zero attached hydrogens (tertiary/aromatic N) is 2. The zero-order chi connectivity index (χ0) is 29.7. The second kappa shape index (κ2) is 13.6. The molecule has 1 saturated heterocycles. The predicted molar refractivity (Wildman–Crippen MR) is 167 cm³/mol. The van der Waals surface area contributed by atoms with Crippen molar-refractivity contribution in [1.29, 1.82) is 0 Å². The van der Waals surface area contributed by atoms with Crippen LogP contribution in [-0.4, -0.2) is 62.1 Å². The second-order valence-corrected chi connectivity index (χ2v) is 11.5. The average molecular weight is 561 g/mol. The van der Waals surface area contributed by atoms with E-state index in [0.29, 0.717) is 6.54 Å². The molecule has 2 aromatic rings. The van der Waals surface area contributed by atoms with Crippen molar-refractivity contribution in [2.45, 2.75) is 72.6 Å². The van der Waals surface area contributed by atoms with Gasteiger partial charge in [-0.05, 0) is 81.4 Å².